The summed E-state index contributed by atoms with van der Waals surface area (Å²) in [6.45, 7) is 3.33. The Hall–Kier alpha value is -2.23. The Morgan fingerprint density at radius 2 is 2.33 bits per heavy atom. The number of fused-ring (bicyclic) bond motifs is 1. The summed E-state index contributed by atoms with van der Waals surface area (Å²) in [6, 6.07) is 5.30. The van der Waals surface area contributed by atoms with Crippen LogP contribution in [0.2, 0.25) is 0 Å². The molecule has 0 bridgehead atoms. The molecule has 0 saturated heterocycles. The van der Waals surface area contributed by atoms with E-state index in [0.29, 0.717) is 11.3 Å². The highest BCUT2D eigenvalue weighted by atomic mass is 16.5. The van der Waals surface area contributed by atoms with Gasteiger partial charge in [0.2, 0.25) is 0 Å². The van der Waals surface area contributed by atoms with Gasteiger partial charge in [0, 0.05) is 17.7 Å². The van der Waals surface area contributed by atoms with Gasteiger partial charge in [0.25, 0.3) is 0 Å². The quantitative estimate of drug-likeness (QED) is 0.420. The first-order valence-corrected chi connectivity index (χ1v) is 4.34. The highest BCUT2D eigenvalue weighted by molar-refractivity contribution is 5.89. The van der Waals surface area contributed by atoms with E-state index in [-0.39, 0.29) is 0 Å². The molecule has 0 amide bonds. The first-order chi connectivity index (χ1) is 7.31. The second kappa shape index (κ2) is 3.88. The molecular weight excluding hydrogens is 192 g/mol. The van der Waals surface area contributed by atoms with Crippen LogP contribution in [0.1, 0.15) is 0 Å². The third-order valence-corrected chi connectivity index (χ3v) is 1.87. The molecule has 1 aromatic carbocycles. The molecule has 0 aliphatic heterocycles. The smallest absolute Gasteiger partial charge is 0.335 e. The van der Waals surface area contributed by atoms with Crippen molar-refractivity contribution in [3.8, 4) is 5.75 Å². The Kier molecular flexibility index (Phi) is 2.41. The largest absolute Gasteiger partial charge is 0.421 e. The van der Waals surface area contributed by atoms with E-state index in [9.17, 15) is 4.79 Å². The molecule has 0 aliphatic rings. The number of benzene rings is 1. The van der Waals surface area contributed by atoms with Gasteiger partial charge in [0.15, 0.2) is 5.75 Å². The fraction of sp³-hybridized carbons (Fsp3) is 0. The SMILES string of the molecule is C=CC(=O)Oc1cccc2cncnc12. The zero-order chi connectivity index (χ0) is 10.7. The van der Waals surface area contributed by atoms with Crippen molar-refractivity contribution in [3.05, 3.63) is 43.4 Å². The predicted octanol–water partition coefficient (Wildman–Crippen LogP) is 1.72. The molecule has 4 nitrogen and oxygen atoms in total. The Labute approximate surface area is 86.2 Å². The van der Waals surface area contributed by atoms with E-state index in [1.165, 1.54) is 6.33 Å². The van der Waals surface area contributed by atoms with E-state index >= 15 is 0 Å². The number of carbonyl (C=O) groups is 1. The summed E-state index contributed by atoms with van der Waals surface area (Å²) < 4.78 is 5.03. The summed E-state index contributed by atoms with van der Waals surface area (Å²) in [5.74, 6) is -0.0825. The summed E-state index contributed by atoms with van der Waals surface area (Å²) in [5.41, 5.74) is 0.614. The lowest BCUT2D eigenvalue weighted by atomic mass is 10.2. The van der Waals surface area contributed by atoms with Crippen molar-refractivity contribution in [2.24, 2.45) is 0 Å². The number of esters is 1. The number of hydrogen-bond donors (Lipinski definition) is 0. The van der Waals surface area contributed by atoms with E-state index < -0.39 is 5.97 Å². The molecule has 74 valence electrons. The lowest BCUT2D eigenvalue weighted by Crippen LogP contribution is -2.03. The van der Waals surface area contributed by atoms with E-state index in [0.717, 1.165) is 11.5 Å². The summed E-state index contributed by atoms with van der Waals surface area (Å²) in [4.78, 5) is 19.0. The zero-order valence-corrected chi connectivity index (χ0v) is 7.88. The maximum atomic E-state index is 11.0. The van der Waals surface area contributed by atoms with Crippen molar-refractivity contribution in [1.82, 2.24) is 9.97 Å². The molecule has 0 atom stereocenters. The lowest BCUT2D eigenvalue weighted by molar-refractivity contribution is -0.128. The Morgan fingerprint density at radius 1 is 1.47 bits per heavy atom. The molecule has 0 radical (unpaired) electrons. The number of nitrogens with zero attached hydrogens (tertiary/aromatic N) is 2. The van der Waals surface area contributed by atoms with Gasteiger partial charge in [-0.25, -0.2) is 14.8 Å². The van der Waals surface area contributed by atoms with Crippen LogP contribution in [-0.2, 0) is 4.79 Å². The number of carbonyl (C=O) groups excluding carboxylic acids is 1. The van der Waals surface area contributed by atoms with Crippen LogP contribution in [0.4, 0.5) is 0 Å². The van der Waals surface area contributed by atoms with Gasteiger partial charge in [-0.2, -0.15) is 0 Å². The summed E-state index contributed by atoms with van der Waals surface area (Å²) in [7, 11) is 0. The fourth-order valence-corrected chi connectivity index (χ4v) is 1.22. The van der Waals surface area contributed by atoms with Gasteiger partial charge in [-0.15, -0.1) is 0 Å². The van der Waals surface area contributed by atoms with Crippen LogP contribution in [0.5, 0.6) is 5.75 Å². The first kappa shape index (κ1) is 9.33. The highest BCUT2D eigenvalue weighted by Gasteiger charge is 2.05. The topological polar surface area (TPSA) is 52.1 Å². The molecule has 0 unspecified atom stereocenters. The second-order valence-corrected chi connectivity index (χ2v) is 2.84. The van der Waals surface area contributed by atoms with Crippen LogP contribution in [0.3, 0.4) is 0 Å². The van der Waals surface area contributed by atoms with E-state index in [1.54, 1.807) is 18.3 Å². The average Bonchev–Trinajstić information content (AvgIpc) is 2.29. The minimum Gasteiger partial charge on any atom is -0.421 e. The minimum atomic E-state index is -0.499. The number of hydrogen-bond acceptors (Lipinski definition) is 4. The normalized spacial score (nSPS) is 9.87. The monoisotopic (exact) mass is 200 g/mol. The Bertz CT molecular complexity index is 517. The maximum absolute atomic E-state index is 11.0. The lowest BCUT2D eigenvalue weighted by Gasteiger charge is -2.03. The maximum Gasteiger partial charge on any atom is 0.335 e. The zero-order valence-electron chi connectivity index (χ0n) is 7.88. The molecule has 1 aromatic heterocycles. The molecular formula is C11H8N2O2. The molecule has 0 aliphatic carbocycles. The van der Waals surface area contributed by atoms with Crippen LogP contribution in [-0.4, -0.2) is 15.9 Å². The van der Waals surface area contributed by atoms with Gasteiger partial charge >= 0.3 is 5.97 Å². The standard InChI is InChI=1S/C11H8N2O2/c1-2-10(14)15-9-5-3-4-8-6-12-7-13-11(8)9/h2-7H,1H2. The minimum absolute atomic E-state index is 0.416. The molecule has 2 aromatic rings. The van der Waals surface area contributed by atoms with Crippen molar-refractivity contribution in [3.63, 3.8) is 0 Å². The van der Waals surface area contributed by atoms with Gasteiger partial charge in [-0.3, -0.25) is 0 Å². The number of para-hydroxylation sites is 1. The average molecular weight is 200 g/mol. The summed E-state index contributed by atoms with van der Waals surface area (Å²) >= 11 is 0. The molecule has 0 fully saturated rings. The predicted molar refractivity (Wildman–Crippen MR) is 55.4 cm³/mol. The van der Waals surface area contributed by atoms with E-state index in [1.807, 2.05) is 6.07 Å². The first-order valence-electron chi connectivity index (χ1n) is 4.34. The van der Waals surface area contributed by atoms with Gasteiger partial charge in [0.05, 0.1) is 0 Å². The molecule has 2 rings (SSSR count). The molecule has 15 heavy (non-hydrogen) atoms. The number of rotatable bonds is 2. The third kappa shape index (κ3) is 1.83. The van der Waals surface area contributed by atoms with Gasteiger partial charge < -0.3 is 4.74 Å². The fourth-order valence-electron chi connectivity index (χ4n) is 1.22. The number of ether oxygens (including phenoxy) is 1. The molecule has 1 heterocycles. The van der Waals surface area contributed by atoms with Crippen molar-refractivity contribution in [2.75, 3.05) is 0 Å². The van der Waals surface area contributed by atoms with Gasteiger partial charge in [0.1, 0.15) is 11.8 Å². The van der Waals surface area contributed by atoms with Crippen LogP contribution >= 0.6 is 0 Å². The van der Waals surface area contributed by atoms with Crippen LogP contribution in [0.15, 0.2) is 43.4 Å². The van der Waals surface area contributed by atoms with Gasteiger partial charge in [-0.1, -0.05) is 18.7 Å². The van der Waals surface area contributed by atoms with Crippen LogP contribution < -0.4 is 4.74 Å². The van der Waals surface area contributed by atoms with Crippen molar-refractivity contribution >= 4 is 16.9 Å². The molecule has 4 heteroatoms. The third-order valence-electron chi connectivity index (χ3n) is 1.87. The summed E-state index contributed by atoms with van der Waals surface area (Å²) in [6.07, 6.45) is 4.18. The van der Waals surface area contributed by atoms with Gasteiger partial charge in [-0.05, 0) is 6.07 Å². The number of aromatic nitrogens is 2. The van der Waals surface area contributed by atoms with Crippen molar-refractivity contribution < 1.29 is 9.53 Å². The van der Waals surface area contributed by atoms with Crippen molar-refractivity contribution in [2.45, 2.75) is 0 Å². The molecule has 0 N–H and O–H groups in total. The summed E-state index contributed by atoms with van der Waals surface area (Å²) in [5, 5.41) is 0.826. The Balaban J connectivity index is 2.51. The van der Waals surface area contributed by atoms with E-state index in [2.05, 4.69) is 16.5 Å². The van der Waals surface area contributed by atoms with Crippen LogP contribution in [0, 0.1) is 0 Å². The second-order valence-electron chi connectivity index (χ2n) is 2.84. The molecule has 0 spiro atoms. The molecule has 0 saturated carbocycles. The highest BCUT2D eigenvalue weighted by Crippen LogP contribution is 2.22. The van der Waals surface area contributed by atoms with Crippen LogP contribution in [0.25, 0.3) is 10.9 Å². The Morgan fingerprint density at radius 3 is 3.13 bits per heavy atom. The van der Waals surface area contributed by atoms with E-state index in [4.69, 9.17) is 4.74 Å². The van der Waals surface area contributed by atoms with Crippen molar-refractivity contribution in [1.29, 1.82) is 0 Å².